The predicted molar refractivity (Wildman–Crippen MR) is 196 cm³/mol. The summed E-state index contributed by atoms with van der Waals surface area (Å²) in [7, 11) is 3.74. The molecule has 290 valence electrons. The Morgan fingerprint density at radius 2 is 1.84 bits per heavy atom. The highest BCUT2D eigenvalue weighted by atomic mass is 19.3. The van der Waals surface area contributed by atoms with Crippen molar-refractivity contribution in [1.82, 2.24) is 43.7 Å². The molecule has 2 saturated heterocycles. The fraction of sp³-hybridized carbons (Fsp3) is 0.486. The zero-order valence-electron chi connectivity index (χ0n) is 30.5. The van der Waals surface area contributed by atoms with Gasteiger partial charge in [0.15, 0.2) is 11.3 Å². The van der Waals surface area contributed by atoms with E-state index in [1.165, 1.54) is 44.4 Å². The maximum absolute atomic E-state index is 15.1. The number of alkyl halides is 2. The van der Waals surface area contributed by atoms with Gasteiger partial charge in [0.2, 0.25) is 11.8 Å². The Labute approximate surface area is 313 Å². The number of imidazole rings is 1. The Morgan fingerprint density at radius 1 is 1.07 bits per heavy atom. The van der Waals surface area contributed by atoms with Crippen molar-refractivity contribution in [1.29, 1.82) is 0 Å². The van der Waals surface area contributed by atoms with Crippen LogP contribution in [0.1, 0.15) is 85.9 Å². The van der Waals surface area contributed by atoms with E-state index < -0.39 is 41.5 Å². The van der Waals surface area contributed by atoms with Crippen LogP contribution in [0.2, 0.25) is 0 Å². The van der Waals surface area contributed by atoms with Gasteiger partial charge < -0.3 is 15.1 Å². The standard InChI is InChI=1S/C37H42F3N11O4/c1-46(23-10-14-48(15-11-23)28-16-22(38)17-29-32(28)47(2)37(55)51(29)27-8-9-30(52)44-36(27)54)19-21-4-6-24(7-5-21)50-20-26(31(45-50)33(39)40)43-35(53)25-18-42-49-13-3-12-41-34(25)49/h3,12-13,16-18,20-21,23-24,27,33H,4-11,14-15,19H2,1-2H3,(H,43,53)(H,44,52,54)/t21-,24-,27?. The molecule has 1 aromatic carbocycles. The van der Waals surface area contributed by atoms with E-state index in [2.05, 4.69) is 42.7 Å². The van der Waals surface area contributed by atoms with Gasteiger partial charge in [0.1, 0.15) is 17.4 Å². The molecule has 1 saturated carbocycles. The summed E-state index contributed by atoms with van der Waals surface area (Å²) in [5.74, 6) is -1.64. The third kappa shape index (κ3) is 6.87. The molecule has 2 N–H and O–H groups in total. The van der Waals surface area contributed by atoms with Crippen LogP contribution < -0.4 is 21.2 Å². The molecule has 0 bridgehead atoms. The number of amides is 3. The van der Waals surface area contributed by atoms with Crippen LogP contribution in [0, 0.1) is 11.7 Å². The number of halogens is 3. The first-order chi connectivity index (χ1) is 26.5. The zero-order chi connectivity index (χ0) is 38.5. The summed E-state index contributed by atoms with van der Waals surface area (Å²) in [5.41, 5.74) is 1.03. The van der Waals surface area contributed by atoms with Crippen LogP contribution in [0.15, 0.2) is 47.8 Å². The van der Waals surface area contributed by atoms with Crippen molar-refractivity contribution in [2.75, 3.05) is 36.9 Å². The Morgan fingerprint density at radius 3 is 2.56 bits per heavy atom. The molecule has 6 heterocycles. The quantitative estimate of drug-likeness (QED) is 0.210. The summed E-state index contributed by atoms with van der Waals surface area (Å²) >= 11 is 0. The van der Waals surface area contributed by atoms with Crippen LogP contribution in [0.25, 0.3) is 16.7 Å². The van der Waals surface area contributed by atoms with E-state index in [1.807, 2.05) is 0 Å². The van der Waals surface area contributed by atoms with Gasteiger partial charge in [-0.3, -0.25) is 33.5 Å². The average molecular weight is 762 g/mol. The van der Waals surface area contributed by atoms with Crippen molar-refractivity contribution in [3.05, 3.63) is 70.5 Å². The molecule has 1 aliphatic carbocycles. The van der Waals surface area contributed by atoms with Crippen LogP contribution in [0.5, 0.6) is 0 Å². The van der Waals surface area contributed by atoms with Gasteiger partial charge in [0.05, 0.1) is 34.6 Å². The molecule has 0 spiro atoms. The second kappa shape index (κ2) is 14.6. The molecule has 0 radical (unpaired) electrons. The van der Waals surface area contributed by atoms with Crippen molar-refractivity contribution in [3.8, 4) is 0 Å². The van der Waals surface area contributed by atoms with Gasteiger partial charge in [-0.15, -0.1) is 0 Å². The van der Waals surface area contributed by atoms with Crippen molar-refractivity contribution >= 4 is 45.8 Å². The maximum atomic E-state index is 15.1. The minimum atomic E-state index is -2.87. The van der Waals surface area contributed by atoms with Gasteiger partial charge in [-0.2, -0.15) is 10.2 Å². The first kappa shape index (κ1) is 36.5. The first-order valence-corrected chi connectivity index (χ1v) is 18.6. The van der Waals surface area contributed by atoms with Crippen molar-refractivity contribution in [3.63, 3.8) is 0 Å². The number of piperidine rings is 2. The van der Waals surface area contributed by atoms with Gasteiger partial charge in [-0.1, -0.05) is 0 Å². The SMILES string of the molecule is CN(C[C@H]1CC[C@H](n2cc(NC(=O)c3cnn4cccnc34)c(C(F)F)n2)CC1)C1CCN(c2cc(F)cc3c2n(C)c(=O)n3C2CCC(=O)NC2=O)CC1. The monoisotopic (exact) mass is 761 g/mol. The molecule has 4 aromatic heterocycles. The van der Waals surface area contributed by atoms with Gasteiger partial charge in [-0.05, 0) is 76.1 Å². The summed E-state index contributed by atoms with van der Waals surface area (Å²) in [5, 5.41) is 13.2. The summed E-state index contributed by atoms with van der Waals surface area (Å²) in [6.07, 6.45) is 8.39. The highest BCUT2D eigenvalue weighted by Crippen LogP contribution is 2.37. The number of aromatic nitrogens is 7. The highest BCUT2D eigenvalue weighted by Gasteiger charge is 2.34. The largest absolute Gasteiger partial charge is 0.370 e. The van der Waals surface area contributed by atoms with Crippen molar-refractivity contribution < 1.29 is 27.6 Å². The average Bonchev–Trinajstić information content (AvgIpc) is 3.86. The van der Waals surface area contributed by atoms with E-state index in [0.29, 0.717) is 47.4 Å². The van der Waals surface area contributed by atoms with Crippen molar-refractivity contribution in [2.24, 2.45) is 13.0 Å². The molecule has 2 aliphatic heterocycles. The lowest BCUT2D eigenvalue weighted by Gasteiger charge is -2.40. The fourth-order valence-electron chi connectivity index (χ4n) is 8.65. The molecule has 3 fully saturated rings. The number of nitrogens with one attached hydrogen (secondary N) is 2. The smallest absolute Gasteiger partial charge is 0.329 e. The Balaban J connectivity index is 0.879. The van der Waals surface area contributed by atoms with Crippen LogP contribution in [0.4, 0.5) is 24.5 Å². The van der Waals surface area contributed by atoms with E-state index in [0.717, 1.165) is 45.1 Å². The van der Waals surface area contributed by atoms with Crippen LogP contribution in [0.3, 0.4) is 0 Å². The zero-order valence-corrected chi connectivity index (χ0v) is 30.5. The highest BCUT2D eigenvalue weighted by molar-refractivity contribution is 6.08. The normalized spacial score (nSPS) is 21.3. The number of nitrogens with zero attached hydrogens (tertiary/aromatic N) is 9. The Hall–Kier alpha value is -5.52. The minimum Gasteiger partial charge on any atom is -0.370 e. The molecule has 1 unspecified atom stereocenters. The van der Waals surface area contributed by atoms with Gasteiger partial charge >= 0.3 is 5.69 Å². The topological polar surface area (TPSA) is 157 Å². The number of imide groups is 1. The molecule has 55 heavy (non-hydrogen) atoms. The second-order valence-corrected chi connectivity index (χ2v) is 14.9. The predicted octanol–water partition coefficient (Wildman–Crippen LogP) is 4.22. The van der Waals surface area contributed by atoms with E-state index in [1.54, 1.807) is 24.0 Å². The molecule has 5 aromatic rings. The second-order valence-electron chi connectivity index (χ2n) is 14.9. The lowest BCUT2D eigenvalue weighted by molar-refractivity contribution is -0.135. The molecule has 3 amide bonds. The number of carbonyl (C=O) groups excluding carboxylic acids is 3. The van der Waals surface area contributed by atoms with Crippen molar-refractivity contribution in [2.45, 2.75) is 75.9 Å². The van der Waals surface area contributed by atoms with Crippen LogP contribution >= 0.6 is 0 Å². The van der Waals surface area contributed by atoms with E-state index in [4.69, 9.17) is 0 Å². The van der Waals surface area contributed by atoms with Crippen LogP contribution in [-0.4, -0.2) is 88.9 Å². The van der Waals surface area contributed by atoms with Crippen LogP contribution in [-0.2, 0) is 16.6 Å². The molecule has 3 aliphatic rings. The third-order valence-electron chi connectivity index (χ3n) is 11.5. The number of hydrogen-bond acceptors (Lipinski definition) is 9. The number of aryl methyl sites for hydroxylation is 1. The number of rotatable bonds is 9. The summed E-state index contributed by atoms with van der Waals surface area (Å²) in [6, 6.07) is 3.72. The third-order valence-corrected chi connectivity index (χ3v) is 11.5. The Kier molecular flexibility index (Phi) is 9.69. The fourth-order valence-corrected chi connectivity index (χ4v) is 8.65. The van der Waals surface area contributed by atoms with Gasteiger partial charge in [-0.25, -0.2) is 27.5 Å². The lowest BCUT2D eigenvalue weighted by atomic mass is 9.85. The van der Waals surface area contributed by atoms with E-state index >= 15 is 4.39 Å². The maximum Gasteiger partial charge on any atom is 0.329 e. The number of fused-ring (bicyclic) bond motifs is 2. The lowest BCUT2D eigenvalue weighted by Crippen LogP contribution is -2.45. The molecular weight excluding hydrogens is 719 g/mol. The first-order valence-electron chi connectivity index (χ1n) is 18.6. The Bertz CT molecular complexity index is 2330. The summed E-state index contributed by atoms with van der Waals surface area (Å²) < 4.78 is 49.0. The summed E-state index contributed by atoms with van der Waals surface area (Å²) in [6.45, 7) is 2.18. The van der Waals surface area contributed by atoms with Gasteiger partial charge in [0, 0.05) is 57.7 Å². The number of carbonyl (C=O) groups is 3. The molecule has 18 heteroatoms. The van der Waals surface area contributed by atoms with Gasteiger partial charge in [0.25, 0.3) is 12.3 Å². The molecular formula is C37H42F3N11O4. The van der Waals surface area contributed by atoms with E-state index in [9.17, 15) is 28.0 Å². The molecule has 8 rings (SSSR count). The minimum absolute atomic E-state index is 0.0310. The molecule has 15 nitrogen and oxygen atoms in total. The number of benzene rings is 1. The van der Waals surface area contributed by atoms with E-state index in [-0.39, 0.29) is 36.0 Å². The molecule has 1 atom stereocenters. The number of hydrogen-bond donors (Lipinski definition) is 2. The number of anilines is 2. The summed E-state index contributed by atoms with van der Waals surface area (Å²) in [4.78, 5) is 59.5.